The van der Waals surface area contributed by atoms with E-state index < -0.39 is 11.9 Å². The van der Waals surface area contributed by atoms with E-state index in [-0.39, 0.29) is 0 Å². The number of aryl methyl sites for hydroxylation is 1. The van der Waals surface area contributed by atoms with Crippen molar-refractivity contribution in [2.24, 2.45) is 5.92 Å². The summed E-state index contributed by atoms with van der Waals surface area (Å²) in [7, 11) is 0. The Bertz CT molecular complexity index is 500. The van der Waals surface area contributed by atoms with Gasteiger partial charge in [0.1, 0.15) is 5.92 Å². The van der Waals surface area contributed by atoms with Gasteiger partial charge in [-0.05, 0) is 38.0 Å². The van der Waals surface area contributed by atoms with Crippen molar-refractivity contribution >= 4 is 22.4 Å². The number of thiazole rings is 1. The standard InChI is InChI=1S/C15H22N2O2S/c1-9-5-2-3-7-11(9)16-15-17-13-10(14(18)19)6-4-8-12(13)20-15/h9-11H,2-8H2,1H3,(H,16,17)(H,18,19). The summed E-state index contributed by atoms with van der Waals surface area (Å²) >= 11 is 1.67. The molecule has 3 atom stereocenters. The van der Waals surface area contributed by atoms with Crippen LogP contribution in [0.4, 0.5) is 5.13 Å². The van der Waals surface area contributed by atoms with Crippen LogP contribution in [0.25, 0.3) is 0 Å². The Balaban J connectivity index is 1.77. The molecule has 20 heavy (non-hydrogen) atoms. The molecule has 0 aliphatic heterocycles. The predicted molar refractivity (Wildman–Crippen MR) is 80.5 cm³/mol. The zero-order chi connectivity index (χ0) is 14.1. The third-order valence-electron chi connectivity index (χ3n) is 4.67. The van der Waals surface area contributed by atoms with Gasteiger partial charge in [0, 0.05) is 10.9 Å². The van der Waals surface area contributed by atoms with E-state index in [4.69, 9.17) is 0 Å². The van der Waals surface area contributed by atoms with E-state index in [9.17, 15) is 9.90 Å². The maximum absolute atomic E-state index is 11.3. The van der Waals surface area contributed by atoms with Gasteiger partial charge in [-0.25, -0.2) is 4.98 Å². The van der Waals surface area contributed by atoms with E-state index in [1.807, 2.05) is 0 Å². The predicted octanol–water partition coefficient (Wildman–Crippen LogP) is 3.64. The third kappa shape index (κ3) is 2.68. The van der Waals surface area contributed by atoms with E-state index in [1.165, 1.54) is 30.6 Å². The lowest BCUT2D eigenvalue weighted by molar-refractivity contribution is -0.139. The number of nitrogens with zero attached hydrogens (tertiary/aromatic N) is 1. The molecular formula is C15H22N2O2S. The number of hydrogen-bond donors (Lipinski definition) is 2. The second kappa shape index (κ2) is 5.72. The van der Waals surface area contributed by atoms with Crippen LogP contribution in [0.2, 0.25) is 0 Å². The molecule has 0 aromatic carbocycles. The fraction of sp³-hybridized carbons (Fsp3) is 0.733. The van der Waals surface area contributed by atoms with Gasteiger partial charge in [0.25, 0.3) is 0 Å². The van der Waals surface area contributed by atoms with Crippen molar-refractivity contribution in [2.75, 3.05) is 5.32 Å². The van der Waals surface area contributed by atoms with E-state index in [0.29, 0.717) is 12.0 Å². The van der Waals surface area contributed by atoms with Gasteiger partial charge in [-0.15, -0.1) is 11.3 Å². The summed E-state index contributed by atoms with van der Waals surface area (Å²) in [5.74, 6) is -0.442. The fourth-order valence-corrected chi connectivity index (χ4v) is 4.54. The molecule has 2 aliphatic rings. The molecule has 0 bridgehead atoms. The highest BCUT2D eigenvalue weighted by molar-refractivity contribution is 7.15. The highest BCUT2D eigenvalue weighted by atomic mass is 32.1. The normalized spacial score (nSPS) is 29.8. The fourth-order valence-electron chi connectivity index (χ4n) is 3.41. The number of hydrogen-bond acceptors (Lipinski definition) is 4. The Morgan fingerprint density at radius 1 is 1.30 bits per heavy atom. The van der Waals surface area contributed by atoms with E-state index in [2.05, 4.69) is 17.2 Å². The number of carbonyl (C=O) groups is 1. The maximum atomic E-state index is 11.3. The molecular weight excluding hydrogens is 272 g/mol. The zero-order valence-electron chi connectivity index (χ0n) is 11.9. The van der Waals surface area contributed by atoms with Crippen LogP contribution >= 0.6 is 11.3 Å². The minimum Gasteiger partial charge on any atom is -0.481 e. The summed E-state index contributed by atoms with van der Waals surface area (Å²) in [6.45, 7) is 2.30. The lowest BCUT2D eigenvalue weighted by Crippen LogP contribution is -2.30. The second-order valence-electron chi connectivity index (χ2n) is 6.12. The number of anilines is 1. The quantitative estimate of drug-likeness (QED) is 0.893. The summed E-state index contributed by atoms with van der Waals surface area (Å²) < 4.78 is 0. The lowest BCUT2D eigenvalue weighted by atomic mass is 9.86. The smallest absolute Gasteiger partial charge is 0.312 e. The molecule has 1 aromatic heterocycles. The molecule has 0 radical (unpaired) electrons. The first-order chi connectivity index (χ1) is 9.65. The largest absolute Gasteiger partial charge is 0.481 e. The lowest BCUT2D eigenvalue weighted by Gasteiger charge is -2.29. The average Bonchev–Trinajstić information content (AvgIpc) is 2.83. The molecule has 0 spiro atoms. The monoisotopic (exact) mass is 294 g/mol. The Morgan fingerprint density at radius 3 is 2.85 bits per heavy atom. The van der Waals surface area contributed by atoms with Crippen LogP contribution in [0.15, 0.2) is 0 Å². The molecule has 3 rings (SSSR count). The third-order valence-corrected chi connectivity index (χ3v) is 5.73. The summed E-state index contributed by atoms with van der Waals surface area (Å²) in [5.41, 5.74) is 0.819. The number of aliphatic carboxylic acids is 1. The van der Waals surface area contributed by atoms with Crippen LogP contribution < -0.4 is 5.32 Å². The van der Waals surface area contributed by atoms with Crippen LogP contribution in [0.1, 0.15) is 61.9 Å². The van der Waals surface area contributed by atoms with Crippen molar-refractivity contribution in [3.05, 3.63) is 10.6 Å². The Kier molecular flexibility index (Phi) is 3.96. The van der Waals surface area contributed by atoms with Crippen molar-refractivity contribution in [1.82, 2.24) is 4.98 Å². The first-order valence-corrected chi connectivity index (χ1v) is 8.45. The Labute approximate surface area is 123 Å². The van der Waals surface area contributed by atoms with E-state index in [1.54, 1.807) is 11.3 Å². The van der Waals surface area contributed by atoms with Gasteiger partial charge in [-0.1, -0.05) is 19.8 Å². The zero-order valence-corrected chi connectivity index (χ0v) is 12.7. The number of rotatable bonds is 3. The number of nitrogens with one attached hydrogen (secondary N) is 1. The van der Waals surface area contributed by atoms with Crippen molar-refractivity contribution in [3.63, 3.8) is 0 Å². The summed E-state index contributed by atoms with van der Waals surface area (Å²) in [5, 5.41) is 13.8. The van der Waals surface area contributed by atoms with Gasteiger partial charge < -0.3 is 10.4 Å². The molecule has 0 amide bonds. The number of carboxylic acids is 1. The number of carboxylic acid groups (broad SMARTS) is 1. The molecule has 1 saturated carbocycles. The van der Waals surface area contributed by atoms with Crippen LogP contribution in [0.5, 0.6) is 0 Å². The van der Waals surface area contributed by atoms with Gasteiger partial charge in [-0.3, -0.25) is 4.79 Å². The van der Waals surface area contributed by atoms with Gasteiger partial charge in [-0.2, -0.15) is 0 Å². The maximum Gasteiger partial charge on any atom is 0.312 e. The molecule has 0 saturated heterocycles. The van der Waals surface area contributed by atoms with E-state index in [0.717, 1.165) is 30.1 Å². The van der Waals surface area contributed by atoms with Crippen molar-refractivity contribution < 1.29 is 9.90 Å². The highest BCUT2D eigenvalue weighted by Crippen LogP contribution is 2.38. The molecule has 5 heteroatoms. The minimum absolute atomic E-state index is 0.394. The Hall–Kier alpha value is -1.10. The minimum atomic E-state index is -0.728. The molecule has 1 fully saturated rings. The van der Waals surface area contributed by atoms with Gasteiger partial charge in [0.2, 0.25) is 0 Å². The Morgan fingerprint density at radius 2 is 2.10 bits per heavy atom. The summed E-state index contributed by atoms with van der Waals surface area (Å²) in [6.07, 6.45) is 7.77. The van der Waals surface area contributed by atoms with Gasteiger partial charge in [0.05, 0.1) is 5.69 Å². The van der Waals surface area contributed by atoms with Crippen molar-refractivity contribution in [1.29, 1.82) is 0 Å². The summed E-state index contributed by atoms with van der Waals surface area (Å²) in [6, 6.07) is 0.500. The van der Waals surface area contributed by atoms with E-state index >= 15 is 0 Å². The van der Waals surface area contributed by atoms with Crippen molar-refractivity contribution in [3.8, 4) is 0 Å². The molecule has 1 heterocycles. The average molecular weight is 294 g/mol. The van der Waals surface area contributed by atoms with Crippen LogP contribution in [0, 0.1) is 5.92 Å². The van der Waals surface area contributed by atoms with Gasteiger partial charge >= 0.3 is 5.97 Å². The molecule has 1 aromatic rings. The van der Waals surface area contributed by atoms with Gasteiger partial charge in [0.15, 0.2) is 5.13 Å². The first kappa shape index (κ1) is 13.9. The number of fused-ring (bicyclic) bond motifs is 1. The molecule has 3 unspecified atom stereocenters. The second-order valence-corrected chi connectivity index (χ2v) is 7.21. The molecule has 110 valence electrons. The SMILES string of the molecule is CC1CCCCC1Nc1nc2c(s1)CCCC2C(=O)O. The number of aromatic nitrogens is 1. The molecule has 2 aliphatic carbocycles. The highest BCUT2D eigenvalue weighted by Gasteiger charge is 2.31. The van der Waals surface area contributed by atoms with Crippen LogP contribution in [-0.2, 0) is 11.2 Å². The topological polar surface area (TPSA) is 62.2 Å². The van der Waals surface area contributed by atoms with Crippen LogP contribution in [0.3, 0.4) is 0 Å². The molecule has 2 N–H and O–H groups in total. The summed E-state index contributed by atoms with van der Waals surface area (Å²) in [4.78, 5) is 17.1. The first-order valence-electron chi connectivity index (χ1n) is 7.64. The van der Waals surface area contributed by atoms with Crippen LogP contribution in [-0.4, -0.2) is 22.1 Å². The molecule has 4 nitrogen and oxygen atoms in total. The van der Waals surface area contributed by atoms with Crippen molar-refractivity contribution in [2.45, 2.75) is 63.8 Å².